The molecule has 8 heteroatoms. The van der Waals surface area contributed by atoms with Gasteiger partial charge in [0.25, 0.3) is 0 Å². The van der Waals surface area contributed by atoms with E-state index in [9.17, 15) is 22.8 Å². The molecule has 1 aromatic carbocycles. The summed E-state index contributed by atoms with van der Waals surface area (Å²) in [6, 6.07) is 4.23. The van der Waals surface area contributed by atoms with Gasteiger partial charge in [-0.1, -0.05) is 18.2 Å². The molecule has 5 nitrogen and oxygen atoms in total. The van der Waals surface area contributed by atoms with Crippen LogP contribution in [0, 0.1) is 0 Å². The van der Waals surface area contributed by atoms with Crippen molar-refractivity contribution in [3.05, 3.63) is 35.4 Å². The van der Waals surface area contributed by atoms with Crippen molar-refractivity contribution in [1.82, 2.24) is 16.0 Å². The molecule has 0 bridgehead atoms. The van der Waals surface area contributed by atoms with Crippen LogP contribution in [0.2, 0.25) is 0 Å². The maximum atomic E-state index is 12.9. The van der Waals surface area contributed by atoms with Gasteiger partial charge in [-0.2, -0.15) is 13.2 Å². The molecule has 0 aromatic heterocycles. The van der Waals surface area contributed by atoms with Crippen LogP contribution in [0.4, 0.5) is 18.0 Å². The third kappa shape index (κ3) is 5.63. The molecule has 0 aliphatic carbocycles. The van der Waals surface area contributed by atoms with Gasteiger partial charge in [0.15, 0.2) is 0 Å². The summed E-state index contributed by atoms with van der Waals surface area (Å²) in [5.41, 5.74) is -0.596. The Morgan fingerprint density at radius 1 is 1.23 bits per heavy atom. The second kappa shape index (κ2) is 7.67. The van der Waals surface area contributed by atoms with E-state index in [0.29, 0.717) is 0 Å². The Balaban J connectivity index is 2.61. The maximum Gasteiger partial charge on any atom is 0.416 e. The molecule has 0 aliphatic heterocycles. The van der Waals surface area contributed by atoms with E-state index in [1.165, 1.54) is 25.2 Å². The van der Waals surface area contributed by atoms with Gasteiger partial charge in [0, 0.05) is 13.1 Å². The molecule has 0 radical (unpaired) electrons. The fraction of sp³-hybridized carbons (Fsp3) is 0.429. The van der Waals surface area contributed by atoms with Gasteiger partial charge in [-0.05, 0) is 25.0 Å². The van der Waals surface area contributed by atoms with Crippen LogP contribution in [0.1, 0.15) is 18.1 Å². The van der Waals surface area contributed by atoms with E-state index in [0.717, 1.165) is 6.07 Å². The van der Waals surface area contributed by atoms with Gasteiger partial charge in [-0.25, -0.2) is 4.79 Å². The number of alkyl halides is 3. The van der Waals surface area contributed by atoms with Crippen LogP contribution < -0.4 is 16.0 Å². The highest BCUT2D eigenvalue weighted by Gasteiger charge is 2.33. The van der Waals surface area contributed by atoms with Crippen molar-refractivity contribution in [2.45, 2.75) is 25.6 Å². The number of hydrogen-bond acceptors (Lipinski definition) is 2. The molecule has 122 valence electrons. The van der Waals surface area contributed by atoms with Crippen LogP contribution in [-0.4, -0.2) is 31.6 Å². The van der Waals surface area contributed by atoms with Crippen LogP contribution >= 0.6 is 0 Å². The molecule has 0 heterocycles. The molecule has 3 N–H and O–H groups in total. The van der Waals surface area contributed by atoms with E-state index in [2.05, 4.69) is 16.0 Å². The van der Waals surface area contributed by atoms with Crippen molar-refractivity contribution in [2.24, 2.45) is 0 Å². The highest BCUT2D eigenvalue weighted by molar-refractivity contribution is 5.83. The summed E-state index contributed by atoms with van der Waals surface area (Å²) in [7, 11) is 1.41. The molecular formula is C14H18F3N3O2. The summed E-state index contributed by atoms with van der Waals surface area (Å²) in [6.45, 7) is 1.36. The van der Waals surface area contributed by atoms with Crippen molar-refractivity contribution in [2.75, 3.05) is 13.6 Å². The maximum absolute atomic E-state index is 12.9. The lowest BCUT2D eigenvalue weighted by Gasteiger charge is -2.17. The smallest absolute Gasteiger partial charge is 0.352 e. The van der Waals surface area contributed by atoms with Crippen molar-refractivity contribution in [3.8, 4) is 0 Å². The minimum absolute atomic E-state index is 0.0431. The number of amides is 3. The van der Waals surface area contributed by atoms with Crippen molar-refractivity contribution >= 4 is 11.9 Å². The predicted molar refractivity (Wildman–Crippen MR) is 75.2 cm³/mol. The van der Waals surface area contributed by atoms with Crippen LogP contribution in [-0.2, 0) is 17.4 Å². The number of rotatable bonds is 5. The molecule has 1 aromatic rings. The quantitative estimate of drug-likeness (QED) is 0.773. The summed E-state index contributed by atoms with van der Waals surface area (Å²) < 4.78 is 38.6. The second-order valence-electron chi connectivity index (χ2n) is 4.76. The Hall–Kier alpha value is -2.25. The van der Waals surface area contributed by atoms with Crippen molar-refractivity contribution in [1.29, 1.82) is 0 Å². The van der Waals surface area contributed by atoms with Crippen molar-refractivity contribution in [3.63, 3.8) is 0 Å². The standard InChI is InChI=1S/C14H18F3N3O2/c1-9(20-12(21)8-19-13(22)18-2)7-10-5-3-4-6-11(10)14(15,16)17/h3-6,9H,7-8H2,1-2H3,(H,20,21)(H2,18,19,22)/t9-/m0/s1. The number of urea groups is 1. The van der Waals surface area contributed by atoms with Crippen LogP contribution in [0.15, 0.2) is 24.3 Å². The highest BCUT2D eigenvalue weighted by atomic mass is 19.4. The number of benzene rings is 1. The Morgan fingerprint density at radius 2 is 1.86 bits per heavy atom. The summed E-state index contributed by atoms with van der Waals surface area (Å²) >= 11 is 0. The van der Waals surface area contributed by atoms with Crippen molar-refractivity contribution < 1.29 is 22.8 Å². The van der Waals surface area contributed by atoms with E-state index >= 15 is 0 Å². The molecule has 3 amide bonds. The first-order valence-corrected chi connectivity index (χ1v) is 6.64. The summed E-state index contributed by atoms with van der Waals surface area (Å²) in [4.78, 5) is 22.5. The zero-order chi connectivity index (χ0) is 16.8. The first-order chi connectivity index (χ1) is 10.2. The Morgan fingerprint density at radius 3 is 2.45 bits per heavy atom. The van der Waals surface area contributed by atoms with Crippen LogP contribution in [0.3, 0.4) is 0 Å². The Kier molecular flexibility index (Phi) is 6.21. The molecule has 0 spiro atoms. The fourth-order valence-corrected chi connectivity index (χ4v) is 1.93. The third-order valence-electron chi connectivity index (χ3n) is 2.89. The zero-order valence-electron chi connectivity index (χ0n) is 12.3. The SMILES string of the molecule is CNC(=O)NCC(=O)N[C@@H](C)Cc1ccccc1C(F)(F)F. The van der Waals surface area contributed by atoms with Gasteiger partial charge in [0.05, 0.1) is 12.1 Å². The molecular weight excluding hydrogens is 299 g/mol. The number of halogens is 3. The number of hydrogen-bond donors (Lipinski definition) is 3. The van der Waals surface area contributed by atoms with Gasteiger partial charge < -0.3 is 16.0 Å². The monoisotopic (exact) mass is 317 g/mol. The van der Waals surface area contributed by atoms with Gasteiger partial charge in [0.1, 0.15) is 0 Å². The van der Waals surface area contributed by atoms with E-state index < -0.39 is 29.7 Å². The largest absolute Gasteiger partial charge is 0.416 e. The normalized spacial score (nSPS) is 12.4. The topological polar surface area (TPSA) is 70.2 Å². The number of carbonyl (C=O) groups is 2. The fourth-order valence-electron chi connectivity index (χ4n) is 1.93. The van der Waals surface area contributed by atoms with E-state index in [4.69, 9.17) is 0 Å². The average molecular weight is 317 g/mol. The van der Waals surface area contributed by atoms with Gasteiger partial charge in [-0.3, -0.25) is 4.79 Å². The molecule has 0 saturated heterocycles. The summed E-state index contributed by atoms with van der Waals surface area (Å²) in [5.74, 6) is -0.472. The Labute approximate surface area is 126 Å². The van der Waals surface area contributed by atoms with E-state index in [1.54, 1.807) is 6.92 Å². The molecule has 1 atom stereocenters. The first kappa shape index (κ1) is 17.8. The molecule has 0 aliphatic rings. The number of nitrogens with one attached hydrogen (secondary N) is 3. The molecule has 22 heavy (non-hydrogen) atoms. The minimum Gasteiger partial charge on any atom is -0.352 e. The van der Waals surface area contributed by atoms with E-state index in [-0.39, 0.29) is 18.5 Å². The lowest BCUT2D eigenvalue weighted by atomic mass is 10.0. The molecule has 0 unspecified atom stereocenters. The minimum atomic E-state index is -4.43. The van der Waals surface area contributed by atoms with Gasteiger partial charge >= 0.3 is 12.2 Å². The van der Waals surface area contributed by atoms with E-state index in [1.807, 2.05) is 0 Å². The zero-order valence-corrected chi connectivity index (χ0v) is 12.3. The predicted octanol–water partition coefficient (Wildman–Crippen LogP) is 1.68. The van der Waals surface area contributed by atoms with Gasteiger partial charge in [0.2, 0.25) is 5.91 Å². The summed E-state index contributed by atoms with van der Waals surface area (Å²) in [6.07, 6.45) is -4.39. The summed E-state index contributed by atoms with van der Waals surface area (Å²) in [5, 5.41) is 7.12. The highest BCUT2D eigenvalue weighted by Crippen LogP contribution is 2.32. The number of carbonyl (C=O) groups excluding carboxylic acids is 2. The van der Waals surface area contributed by atoms with Gasteiger partial charge in [-0.15, -0.1) is 0 Å². The first-order valence-electron chi connectivity index (χ1n) is 6.64. The second-order valence-corrected chi connectivity index (χ2v) is 4.76. The molecule has 1 rings (SSSR count). The Bertz CT molecular complexity index is 532. The molecule has 0 saturated carbocycles. The third-order valence-corrected chi connectivity index (χ3v) is 2.89. The average Bonchev–Trinajstić information content (AvgIpc) is 2.44. The van der Waals surface area contributed by atoms with Crippen LogP contribution in [0.25, 0.3) is 0 Å². The lowest BCUT2D eigenvalue weighted by molar-refractivity contribution is -0.138. The lowest BCUT2D eigenvalue weighted by Crippen LogP contribution is -2.44. The van der Waals surface area contributed by atoms with Crippen LogP contribution in [0.5, 0.6) is 0 Å². The molecule has 0 fully saturated rings.